The summed E-state index contributed by atoms with van der Waals surface area (Å²) in [5, 5.41) is 27.0. The summed E-state index contributed by atoms with van der Waals surface area (Å²) >= 11 is 3.18. The van der Waals surface area contributed by atoms with E-state index in [4.69, 9.17) is 4.42 Å². The van der Waals surface area contributed by atoms with Crippen molar-refractivity contribution < 1.29 is 37.0 Å². The van der Waals surface area contributed by atoms with Gasteiger partial charge in [-0.15, -0.1) is 28.5 Å². The van der Waals surface area contributed by atoms with Gasteiger partial charge in [0.25, 0.3) is 0 Å². The molecule has 2 atom stereocenters. The number of aromatic nitrogens is 5. The highest BCUT2D eigenvalue weighted by Gasteiger charge is 2.37. The number of carbonyl (C=O) groups is 2. The average Bonchev–Trinajstić information content (AvgIpc) is 3.50. The number of carbonyl (C=O) groups excluding carboxylic acids is 1. The molecule has 0 spiro atoms. The number of carboxylic acid groups (broad SMARTS) is 1. The number of hydrogen-bond donors (Lipinski definition) is 2. The number of likely N-dealkylation sites (tertiary alicyclic amines) is 1. The number of benzene rings is 1. The van der Waals surface area contributed by atoms with Crippen LogP contribution in [0.5, 0.6) is 5.75 Å². The third kappa shape index (κ3) is 5.44. The molecule has 3 aromatic rings. The van der Waals surface area contributed by atoms with Crippen molar-refractivity contribution in [3.63, 3.8) is 0 Å². The second-order valence-electron chi connectivity index (χ2n) is 7.22. The van der Waals surface area contributed by atoms with Crippen molar-refractivity contribution in [3.8, 4) is 17.2 Å². The van der Waals surface area contributed by atoms with Gasteiger partial charge in [-0.2, -0.15) is 0 Å². The van der Waals surface area contributed by atoms with Crippen LogP contribution in [-0.4, -0.2) is 72.2 Å². The van der Waals surface area contributed by atoms with E-state index >= 15 is 0 Å². The molecule has 0 radical (unpaired) electrons. The maximum atomic E-state index is 12.6. The first-order chi connectivity index (χ1) is 16.1. The van der Waals surface area contributed by atoms with Gasteiger partial charge in [-0.3, -0.25) is 9.48 Å². The van der Waals surface area contributed by atoms with Gasteiger partial charge in [0.05, 0.1) is 24.3 Å². The van der Waals surface area contributed by atoms with Crippen molar-refractivity contribution in [1.82, 2.24) is 35.4 Å². The smallest absolute Gasteiger partial charge is 0.465 e. The van der Waals surface area contributed by atoms with E-state index in [0.29, 0.717) is 10.9 Å². The molecule has 2 amide bonds. The van der Waals surface area contributed by atoms with Crippen LogP contribution in [0.1, 0.15) is 17.1 Å². The Morgan fingerprint density at radius 2 is 2.12 bits per heavy atom. The maximum Gasteiger partial charge on any atom is 0.573 e. The van der Waals surface area contributed by atoms with Gasteiger partial charge in [-0.1, -0.05) is 5.21 Å². The van der Waals surface area contributed by atoms with Crippen molar-refractivity contribution in [2.75, 3.05) is 6.54 Å². The van der Waals surface area contributed by atoms with Crippen LogP contribution in [0.3, 0.4) is 0 Å². The summed E-state index contributed by atoms with van der Waals surface area (Å²) in [6, 6.07) is 2.44. The molecule has 0 unspecified atom stereocenters. The van der Waals surface area contributed by atoms with Gasteiger partial charge in [0.2, 0.25) is 5.89 Å². The molecule has 2 aromatic heterocycles. The van der Waals surface area contributed by atoms with Crippen LogP contribution in [0.4, 0.5) is 18.0 Å². The van der Waals surface area contributed by atoms with Gasteiger partial charge in [0.15, 0.2) is 0 Å². The Kier molecular flexibility index (Phi) is 6.41. The van der Waals surface area contributed by atoms with Crippen LogP contribution < -0.4 is 10.1 Å². The van der Waals surface area contributed by atoms with Crippen molar-refractivity contribution in [2.24, 2.45) is 0 Å². The summed E-state index contributed by atoms with van der Waals surface area (Å²) in [6.45, 7) is 0.289. The van der Waals surface area contributed by atoms with Crippen LogP contribution in [-0.2, 0) is 6.54 Å². The molecule has 4 rings (SSSR count). The Hall–Kier alpha value is -3.69. The SMILES string of the molecule is O=C(N[C@@H]1C[C@@H](Cn2ccnn2)N(C(=O)O)C1)c1nnc(-c2cc(OC(F)(F)F)ccc2Br)o1. The molecular weight excluding hydrogens is 531 g/mol. The van der Waals surface area contributed by atoms with E-state index in [1.54, 1.807) is 6.20 Å². The lowest BCUT2D eigenvalue weighted by Gasteiger charge is -2.20. The Labute approximate surface area is 196 Å². The minimum atomic E-state index is -4.89. The second kappa shape index (κ2) is 9.28. The summed E-state index contributed by atoms with van der Waals surface area (Å²) in [5.74, 6) is -1.92. The number of amides is 2. The molecule has 1 saturated heterocycles. The highest BCUT2D eigenvalue weighted by Crippen LogP contribution is 2.33. The zero-order valence-electron chi connectivity index (χ0n) is 16.9. The van der Waals surface area contributed by atoms with Crippen LogP contribution in [0.15, 0.2) is 39.5 Å². The monoisotopic (exact) mass is 545 g/mol. The fraction of sp³-hybridized carbons (Fsp3) is 0.333. The van der Waals surface area contributed by atoms with Gasteiger partial charge in [-0.05, 0) is 40.5 Å². The minimum Gasteiger partial charge on any atom is -0.465 e. The average molecular weight is 546 g/mol. The number of rotatable bonds is 6. The molecule has 0 saturated carbocycles. The van der Waals surface area contributed by atoms with Crippen LogP contribution >= 0.6 is 15.9 Å². The lowest BCUT2D eigenvalue weighted by atomic mass is 10.1. The number of alkyl halides is 3. The number of ether oxygens (including phenoxy) is 1. The summed E-state index contributed by atoms with van der Waals surface area (Å²) in [7, 11) is 0. The topological polar surface area (TPSA) is 148 Å². The lowest BCUT2D eigenvalue weighted by molar-refractivity contribution is -0.274. The molecule has 1 aliphatic rings. The zero-order valence-corrected chi connectivity index (χ0v) is 18.5. The molecule has 0 bridgehead atoms. The molecule has 1 aromatic carbocycles. The lowest BCUT2D eigenvalue weighted by Crippen LogP contribution is -2.39. The van der Waals surface area contributed by atoms with E-state index in [9.17, 15) is 27.9 Å². The van der Waals surface area contributed by atoms with Gasteiger partial charge in [0, 0.05) is 23.3 Å². The first-order valence-electron chi connectivity index (χ1n) is 9.63. The fourth-order valence-electron chi connectivity index (χ4n) is 3.51. The Bertz CT molecular complexity index is 1190. The predicted octanol–water partition coefficient (Wildman–Crippen LogP) is 2.54. The minimum absolute atomic E-state index is 0.0316. The van der Waals surface area contributed by atoms with Crippen LogP contribution in [0.25, 0.3) is 11.5 Å². The number of halogens is 4. The molecular formula is C18H15BrF3N7O5. The number of hydrogen-bond acceptors (Lipinski definition) is 8. The summed E-state index contributed by atoms with van der Waals surface area (Å²) in [6.07, 6.45) is -2.66. The molecule has 3 heterocycles. The van der Waals surface area contributed by atoms with Crippen LogP contribution in [0.2, 0.25) is 0 Å². The van der Waals surface area contributed by atoms with Crippen molar-refractivity contribution >= 4 is 27.9 Å². The van der Waals surface area contributed by atoms with E-state index in [1.807, 2.05) is 0 Å². The van der Waals surface area contributed by atoms with Crippen molar-refractivity contribution in [2.45, 2.75) is 31.4 Å². The molecule has 12 nitrogen and oxygen atoms in total. The highest BCUT2D eigenvalue weighted by molar-refractivity contribution is 9.10. The Morgan fingerprint density at radius 1 is 1.32 bits per heavy atom. The van der Waals surface area contributed by atoms with E-state index in [1.165, 1.54) is 21.8 Å². The molecule has 1 fully saturated rings. The Morgan fingerprint density at radius 3 is 2.79 bits per heavy atom. The third-order valence-corrected chi connectivity index (χ3v) is 5.58. The number of nitrogens with one attached hydrogen (secondary N) is 1. The summed E-state index contributed by atoms with van der Waals surface area (Å²) in [5.41, 5.74) is 0.0825. The Balaban J connectivity index is 1.45. The second-order valence-corrected chi connectivity index (χ2v) is 8.08. The number of nitrogens with zero attached hydrogens (tertiary/aromatic N) is 6. The van der Waals surface area contributed by atoms with E-state index in [-0.39, 0.29) is 24.5 Å². The maximum absolute atomic E-state index is 12.6. The molecule has 16 heteroatoms. The van der Waals surface area contributed by atoms with Crippen LogP contribution in [0, 0.1) is 0 Å². The zero-order chi connectivity index (χ0) is 24.5. The summed E-state index contributed by atoms with van der Waals surface area (Å²) in [4.78, 5) is 25.4. The van der Waals surface area contributed by atoms with Gasteiger partial charge < -0.3 is 24.5 Å². The fourth-order valence-corrected chi connectivity index (χ4v) is 3.93. The molecule has 1 aliphatic heterocycles. The highest BCUT2D eigenvalue weighted by atomic mass is 79.9. The predicted molar refractivity (Wildman–Crippen MR) is 109 cm³/mol. The van der Waals surface area contributed by atoms with Gasteiger partial charge in [-0.25, -0.2) is 4.79 Å². The molecule has 180 valence electrons. The molecule has 2 N–H and O–H groups in total. The van der Waals surface area contributed by atoms with E-state index in [2.05, 4.69) is 46.5 Å². The summed E-state index contributed by atoms with van der Waals surface area (Å²) < 4.78 is 48.6. The first kappa shape index (κ1) is 23.5. The molecule has 0 aliphatic carbocycles. The standard InChI is InChI=1S/C18H15BrF3N7O5/c19-13-2-1-11(34-18(20,21)22)6-12(13)15-25-26-16(33-15)14(30)24-9-5-10(29(7-9)17(31)32)8-28-4-3-23-27-28/h1-4,6,9-10H,5,7-8H2,(H,24,30)(H,31,32)/t9-,10+/m1/s1. The van der Waals surface area contributed by atoms with E-state index < -0.39 is 42.1 Å². The quantitative estimate of drug-likeness (QED) is 0.476. The largest absolute Gasteiger partial charge is 0.573 e. The van der Waals surface area contributed by atoms with Gasteiger partial charge >= 0.3 is 24.3 Å². The van der Waals surface area contributed by atoms with Gasteiger partial charge in [0.1, 0.15) is 5.75 Å². The van der Waals surface area contributed by atoms with Crippen molar-refractivity contribution in [3.05, 3.63) is 41.0 Å². The third-order valence-electron chi connectivity index (χ3n) is 4.89. The first-order valence-corrected chi connectivity index (χ1v) is 10.4. The molecule has 34 heavy (non-hydrogen) atoms. The normalized spacial score (nSPS) is 18.2. The van der Waals surface area contributed by atoms with E-state index in [0.717, 1.165) is 12.1 Å². The van der Waals surface area contributed by atoms with Crippen molar-refractivity contribution in [1.29, 1.82) is 0 Å².